The van der Waals surface area contributed by atoms with Crippen molar-refractivity contribution in [2.24, 2.45) is 0 Å². The summed E-state index contributed by atoms with van der Waals surface area (Å²) < 4.78 is 22.5. The van der Waals surface area contributed by atoms with Crippen LogP contribution in [0, 0.1) is 0 Å². The highest BCUT2D eigenvalue weighted by atomic mass is 32.1. The summed E-state index contributed by atoms with van der Waals surface area (Å²) >= 11 is 1.37. The summed E-state index contributed by atoms with van der Waals surface area (Å²) in [5, 5.41) is 0.530. The molecule has 140 valence electrons. The van der Waals surface area contributed by atoms with E-state index in [0.717, 1.165) is 4.70 Å². The number of benzene rings is 2. The molecule has 0 fully saturated rings. The van der Waals surface area contributed by atoms with Crippen LogP contribution in [0.1, 0.15) is 10.4 Å². The lowest BCUT2D eigenvalue weighted by Crippen LogP contribution is -2.29. The number of thiazole rings is 1. The van der Waals surface area contributed by atoms with Gasteiger partial charge in [-0.25, -0.2) is 4.98 Å². The normalized spacial score (nSPS) is 12.5. The number of aromatic nitrogens is 1. The lowest BCUT2D eigenvalue weighted by molar-refractivity contribution is 0.0961. The van der Waals surface area contributed by atoms with Crippen LogP contribution in [0.3, 0.4) is 0 Å². The van der Waals surface area contributed by atoms with Crippen molar-refractivity contribution in [2.45, 2.75) is 0 Å². The maximum atomic E-state index is 12.4. The number of carbonyl (C=O) groups is 1. The van der Waals surface area contributed by atoms with Gasteiger partial charge >= 0.3 is 0 Å². The minimum absolute atomic E-state index is 0.309. The Bertz CT molecular complexity index is 1000. The monoisotopic (exact) mass is 387 g/mol. The fraction of sp³-hybridized carbons (Fsp3) is 0.222. The van der Waals surface area contributed by atoms with Gasteiger partial charge < -0.3 is 18.9 Å². The second-order valence-corrected chi connectivity index (χ2v) is 6.66. The first kappa shape index (κ1) is 17.2. The summed E-state index contributed by atoms with van der Waals surface area (Å²) in [5.41, 5.74) is 6.63. The highest BCUT2D eigenvalue weighted by Gasteiger charge is 2.16. The number of fused-ring (bicyclic) bond motifs is 2. The van der Waals surface area contributed by atoms with Crippen molar-refractivity contribution in [3.8, 4) is 23.0 Å². The number of hydrogen-bond donors (Lipinski definition) is 2. The van der Waals surface area contributed by atoms with Gasteiger partial charge in [0.25, 0.3) is 5.91 Å². The first-order valence-corrected chi connectivity index (χ1v) is 8.98. The summed E-state index contributed by atoms with van der Waals surface area (Å²) in [7, 11) is 3.17. The molecule has 0 atom stereocenters. The summed E-state index contributed by atoms with van der Waals surface area (Å²) in [6, 6.07) is 8.68. The number of rotatable bonds is 5. The molecule has 2 aromatic carbocycles. The summed E-state index contributed by atoms with van der Waals surface area (Å²) in [6.45, 7) is 0.972. The smallest absolute Gasteiger partial charge is 0.269 e. The van der Waals surface area contributed by atoms with Crippen LogP contribution in [-0.4, -0.2) is 38.3 Å². The number of ether oxygens (including phenoxy) is 4. The molecule has 2 N–H and O–H groups in total. The molecule has 9 heteroatoms. The van der Waals surface area contributed by atoms with Crippen LogP contribution < -0.4 is 29.8 Å². The molecular weight excluding hydrogens is 370 g/mol. The van der Waals surface area contributed by atoms with E-state index in [1.807, 2.05) is 6.07 Å². The van der Waals surface area contributed by atoms with Crippen LogP contribution in [0.25, 0.3) is 10.2 Å². The van der Waals surface area contributed by atoms with Gasteiger partial charge in [-0.3, -0.25) is 15.6 Å². The Kier molecular flexibility index (Phi) is 4.59. The predicted octanol–water partition coefficient (Wildman–Crippen LogP) is 2.84. The Hall–Kier alpha value is -3.20. The van der Waals surface area contributed by atoms with E-state index in [-0.39, 0.29) is 5.91 Å². The Morgan fingerprint density at radius 1 is 1.11 bits per heavy atom. The Balaban J connectivity index is 1.50. The molecule has 0 aliphatic carbocycles. The van der Waals surface area contributed by atoms with Gasteiger partial charge in [0.2, 0.25) is 5.13 Å². The van der Waals surface area contributed by atoms with Gasteiger partial charge in [-0.15, -0.1) is 0 Å². The Labute approximate surface area is 159 Å². The maximum absolute atomic E-state index is 12.4. The number of methoxy groups -OCH3 is 2. The molecule has 0 unspecified atom stereocenters. The van der Waals surface area contributed by atoms with Gasteiger partial charge in [0.15, 0.2) is 11.5 Å². The molecule has 4 rings (SSSR count). The summed E-state index contributed by atoms with van der Waals surface area (Å²) in [5.74, 6) is 2.17. The van der Waals surface area contributed by atoms with Crippen molar-refractivity contribution in [3.05, 3.63) is 35.9 Å². The third kappa shape index (κ3) is 3.41. The topological polar surface area (TPSA) is 90.9 Å². The van der Waals surface area contributed by atoms with Crippen LogP contribution in [0.4, 0.5) is 5.13 Å². The molecule has 8 nitrogen and oxygen atoms in total. The zero-order chi connectivity index (χ0) is 18.8. The standard InChI is InChI=1S/C18H17N3O5S/c1-23-11-8-14(24-2)16-15(9-11)27-18(19-16)21-20-17(22)10-3-4-12-13(7-10)26-6-5-25-12/h3-4,7-9H,5-6H2,1-2H3,(H,19,21)(H,20,22). The number of hydrogen-bond acceptors (Lipinski definition) is 8. The van der Waals surface area contributed by atoms with Gasteiger partial charge in [-0.1, -0.05) is 11.3 Å². The first-order chi connectivity index (χ1) is 13.2. The molecule has 0 saturated carbocycles. The third-order valence-electron chi connectivity index (χ3n) is 3.98. The summed E-state index contributed by atoms with van der Waals surface area (Å²) in [6.07, 6.45) is 0. The molecule has 1 aromatic heterocycles. The van der Waals surface area contributed by atoms with Crippen molar-refractivity contribution in [1.29, 1.82) is 0 Å². The van der Waals surface area contributed by atoms with Crippen molar-refractivity contribution >= 4 is 32.6 Å². The number of anilines is 1. The number of hydrazine groups is 1. The Morgan fingerprint density at radius 3 is 2.70 bits per heavy atom. The van der Waals surface area contributed by atoms with E-state index in [2.05, 4.69) is 15.8 Å². The van der Waals surface area contributed by atoms with Gasteiger partial charge in [-0.2, -0.15) is 0 Å². The van der Waals surface area contributed by atoms with E-state index in [0.29, 0.717) is 52.4 Å². The minimum Gasteiger partial charge on any atom is -0.497 e. The molecule has 1 aliphatic rings. The largest absolute Gasteiger partial charge is 0.497 e. The number of amides is 1. The molecule has 3 aromatic rings. The molecule has 0 radical (unpaired) electrons. The fourth-order valence-electron chi connectivity index (χ4n) is 2.67. The van der Waals surface area contributed by atoms with Gasteiger partial charge in [0, 0.05) is 11.6 Å². The van der Waals surface area contributed by atoms with E-state index in [1.54, 1.807) is 38.5 Å². The number of carbonyl (C=O) groups excluding carboxylic acids is 1. The van der Waals surface area contributed by atoms with Crippen molar-refractivity contribution in [2.75, 3.05) is 32.9 Å². The van der Waals surface area contributed by atoms with Crippen molar-refractivity contribution in [3.63, 3.8) is 0 Å². The lowest BCUT2D eigenvalue weighted by atomic mass is 10.2. The average Bonchev–Trinajstić information content (AvgIpc) is 3.13. The van der Waals surface area contributed by atoms with E-state index in [9.17, 15) is 4.79 Å². The van der Waals surface area contributed by atoms with Crippen molar-refractivity contribution in [1.82, 2.24) is 10.4 Å². The lowest BCUT2D eigenvalue weighted by Gasteiger charge is -2.18. The quantitative estimate of drug-likeness (QED) is 0.651. The van der Waals surface area contributed by atoms with Crippen LogP contribution in [0.2, 0.25) is 0 Å². The summed E-state index contributed by atoms with van der Waals surface area (Å²) in [4.78, 5) is 16.9. The Morgan fingerprint density at radius 2 is 1.93 bits per heavy atom. The number of nitrogens with one attached hydrogen (secondary N) is 2. The molecule has 1 aliphatic heterocycles. The van der Waals surface area contributed by atoms with E-state index < -0.39 is 0 Å². The van der Waals surface area contributed by atoms with E-state index in [4.69, 9.17) is 18.9 Å². The molecular formula is C18H17N3O5S. The predicted molar refractivity (Wildman–Crippen MR) is 101 cm³/mol. The van der Waals surface area contributed by atoms with Crippen LogP contribution >= 0.6 is 11.3 Å². The van der Waals surface area contributed by atoms with E-state index >= 15 is 0 Å². The van der Waals surface area contributed by atoms with Crippen LogP contribution in [0.5, 0.6) is 23.0 Å². The molecule has 0 bridgehead atoms. The van der Waals surface area contributed by atoms with Crippen LogP contribution in [-0.2, 0) is 0 Å². The maximum Gasteiger partial charge on any atom is 0.269 e. The third-order valence-corrected chi connectivity index (χ3v) is 4.89. The van der Waals surface area contributed by atoms with Crippen LogP contribution in [0.15, 0.2) is 30.3 Å². The molecule has 0 spiro atoms. The average molecular weight is 387 g/mol. The van der Waals surface area contributed by atoms with Gasteiger partial charge in [0.05, 0.1) is 18.9 Å². The first-order valence-electron chi connectivity index (χ1n) is 8.16. The highest BCUT2D eigenvalue weighted by molar-refractivity contribution is 7.22. The fourth-order valence-corrected chi connectivity index (χ4v) is 3.53. The second-order valence-electron chi connectivity index (χ2n) is 5.63. The van der Waals surface area contributed by atoms with Gasteiger partial charge in [-0.05, 0) is 24.3 Å². The van der Waals surface area contributed by atoms with E-state index in [1.165, 1.54) is 11.3 Å². The van der Waals surface area contributed by atoms with Gasteiger partial charge in [0.1, 0.15) is 30.2 Å². The minimum atomic E-state index is -0.309. The molecule has 2 heterocycles. The zero-order valence-electron chi connectivity index (χ0n) is 14.7. The number of nitrogens with zero attached hydrogens (tertiary/aromatic N) is 1. The molecule has 1 amide bonds. The van der Waals surface area contributed by atoms with Crippen molar-refractivity contribution < 1.29 is 23.7 Å². The zero-order valence-corrected chi connectivity index (χ0v) is 15.5. The molecule has 27 heavy (non-hydrogen) atoms. The molecule has 0 saturated heterocycles. The highest BCUT2D eigenvalue weighted by Crippen LogP contribution is 2.36. The second kappa shape index (κ2) is 7.20. The SMILES string of the molecule is COc1cc(OC)c2nc(NNC(=O)c3ccc4c(c3)OCCO4)sc2c1.